The van der Waals surface area contributed by atoms with E-state index in [1.807, 2.05) is 30.3 Å². The van der Waals surface area contributed by atoms with Gasteiger partial charge in [-0.05, 0) is 17.7 Å². The first kappa shape index (κ1) is 16.2. The topological polar surface area (TPSA) is 99.0 Å². The van der Waals surface area contributed by atoms with E-state index in [2.05, 4.69) is 5.32 Å². The summed E-state index contributed by atoms with van der Waals surface area (Å²) in [6.45, 7) is 0.373. The van der Waals surface area contributed by atoms with Crippen molar-refractivity contribution in [3.8, 4) is 17.2 Å². The third-order valence-corrected chi connectivity index (χ3v) is 3.04. The molecule has 2 aromatic rings. The summed E-state index contributed by atoms with van der Waals surface area (Å²) in [7, 11) is 0. The smallest absolute Gasteiger partial charge is 0.407 e. The molecule has 2 rings (SSSR count). The lowest BCUT2D eigenvalue weighted by molar-refractivity contribution is 0.141. The third kappa shape index (κ3) is 4.67. The van der Waals surface area contributed by atoms with Crippen LogP contribution >= 0.6 is 0 Å². The van der Waals surface area contributed by atoms with Gasteiger partial charge >= 0.3 is 6.09 Å². The lowest BCUT2D eigenvalue weighted by Crippen LogP contribution is -2.24. The zero-order valence-electron chi connectivity index (χ0n) is 12.3. The molecule has 0 aliphatic heterocycles. The largest absolute Gasteiger partial charge is 0.504 e. The molecule has 4 N–H and O–H groups in total. The van der Waals surface area contributed by atoms with Crippen LogP contribution in [0.3, 0.4) is 0 Å². The van der Waals surface area contributed by atoms with Crippen LogP contribution in [0.1, 0.15) is 11.1 Å². The minimum Gasteiger partial charge on any atom is -0.504 e. The van der Waals surface area contributed by atoms with E-state index in [1.54, 1.807) is 6.08 Å². The van der Waals surface area contributed by atoms with Crippen LogP contribution < -0.4 is 5.32 Å². The molecule has 0 spiro atoms. The lowest BCUT2D eigenvalue weighted by Gasteiger charge is -2.06. The molecule has 0 heterocycles. The number of hydrogen-bond acceptors (Lipinski definition) is 5. The molecule has 2 aromatic carbocycles. The number of alkyl carbamates (subject to hydrolysis) is 1. The summed E-state index contributed by atoms with van der Waals surface area (Å²) in [5.41, 5.74) is 1.21. The highest BCUT2D eigenvalue weighted by Gasteiger charge is 2.08. The summed E-state index contributed by atoms with van der Waals surface area (Å²) < 4.78 is 5.03. The highest BCUT2D eigenvalue weighted by Crippen LogP contribution is 2.37. The van der Waals surface area contributed by atoms with Crippen LogP contribution in [0, 0.1) is 0 Å². The second-order valence-electron chi connectivity index (χ2n) is 4.72. The van der Waals surface area contributed by atoms with Crippen molar-refractivity contribution in [3.05, 3.63) is 59.7 Å². The molecule has 0 saturated carbocycles. The minimum atomic E-state index is -0.581. The molecule has 0 saturated heterocycles. The molecule has 6 nitrogen and oxygen atoms in total. The zero-order valence-corrected chi connectivity index (χ0v) is 12.3. The van der Waals surface area contributed by atoms with E-state index in [-0.39, 0.29) is 13.2 Å². The van der Waals surface area contributed by atoms with Gasteiger partial charge in [-0.15, -0.1) is 0 Å². The number of aromatic hydroxyl groups is 3. The fourth-order valence-corrected chi connectivity index (χ4v) is 1.82. The molecule has 0 atom stereocenters. The van der Waals surface area contributed by atoms with E-state index in [0.29, 0.717) is 5.56 Å². The molecule has 23 heavy (non-hydrogen) atoms. The average Bonchev–Trinajstić information content (AvgIpc) is 2.57. The Labute approximate surface area is 133 Å². The van der Waals surface area contributed by atoms with Gasteiger partial charge in [0.15, 0.2) is 11.5 Å². The second-order valence-corrected chi connectivity index (χ2v) is 4.72. The van der Waals surface area contributed by atoms with Crippen molar-refractivity contribution in [2.45, 2.75) is 6.61 Å². The number of ether oxygens (including phenoxy) is 1. The average molecular weight is 315 g/mol. The molecule has 0 radical (unpaired) electrons. The molecule has 0 unspecified atom stereocenters. The number of nitrogens with one attached hydrogen (secondary N) is 1. The standard InChI is InChI=1S/C17H17NO5/c19-14-9-8-13(15(20)16(14)21)7-4-10-18-17(22)23-11-12-5-2-1-3-6-12/h1-9,19-21H,10-11H2,(H,18,22). The summed E-state index contributed by atoms with van der Waals surface area (Å²) in [6, 6.07) is 12.0. The van der Waals surface area contributed by atoms with Gasteiger partial charge in [-0.1, -0.05) is 42.5 Å². The molecule has 0 aliphatic carbocycles. The van der Waals surface area contributed by atoms with Crippen molar-refractivity contribution in [3.63, 3.8) is 0 Å². The van der Waals surface area contributed by atoms with E-state index in [0.717, 1.165) is 5.56 Å². The number of rotatable bonds is 5. The van der Waals surface area contributed by atoms with Crippen LogP contribution in [0.25, 0.3) is 6.08 Å². The highest BCUT2D eigenvalue weighted by molar-refractivity contribution is 5.68. The molecule has 0 aliphatic rings. The van der Waals surface area contributed by atoms with Crippen molar-refractivity contribution in [2.24, 2.45) is 0 Å². The van der Waals surface area contributed by atoms with Gasteiger partial charge in [-0.25, -0.2) is 4.79 Å². The number of phenolic OH excluding ortho intramolecular Hbond substituents is 3. The van der Waals surface area contributed by atoms with Gasteiger partial charge in [0.2, 0.25) is 5.75 Å². The van der Waals surface area contributed by atoms with Crippen LogP contribution in [-0.2, 0) is 11.3 Å². The van der Waals surface area contributed by atoms with E-state index in [4.69, 9.17) is 4.74 Å². The quantitative estimate of drug-likeness (QED) is 0.636. The first-order chi connectivity index (χ1) is 11.1. The van der Waals surface area contributed by atoms with Crippen LogP contribution in [0.4, 0.5) is 4.79 Å². The Kier molecular flexibility index (Phi) is 5.46. The van der Waals surface area contributed by atoms with Crippen molar-refractivity contribution >= 4 is 12.2 Å². The summed E-state index contributed by atoms with van der Waals surface area (Å²) in [5.74, 6) is -1.41. The maximum absolute atomic E-state index is 11.5. The number of hydrogen-bond donors (Lipinski definition) is 4. The van der Waals surface area contributed by atoms with Crippen LogP contribution in [-0.4, -0.2) is 28.0 Å². The molecular weight excluding hydrogens is 298 g/mol. The minimum absolute atomic E-state index is 0.184. The third-order valence-electron chi connectivity index (χ3n) is 3.04. The molecule has 0 aromatic heterocycles. The fourth-order valence-electron chi connectivity index (χ4n) is 1.82. The van der Waals surface area contributed by atoms with E-state index in [9.17, 15) is 20.1 Å². The van der Waals surface area contributed by atoms with Crippen molar-refractivity contribution in [1.82, 2.24) is 5.32 Å². The Bertz CT molecular complexity index is 698. The van der Waals surface area contributed by atoms with E-state index >= 15 is 0 Å². The predicted molar refractivity (Wildman–Crippen MR) is 85.1 cm³/mol. The molecular formula is C17H17NO5. The number of amides is 1. The van der Waals surface area contributed by atoms with Crippen LogP contribution in [0.15, 0.2) is 48.5 Å². The van der Waals surface area contributed by atoms with Crippen molar-refractivity contribution in [1.29, 1.82) is 0 Å². The first-order valence-electron chi connectivity index (χ1n) is 6.93. The van der Waals surface area contributed by atoms with Gasteiger partial charge in [0.1, 0.15) is 6.61 Å². The summed E-state index contributed by atoms with van der Waals surface area (Å²) in [4.78, 5) is 11.5. The number of carbonyl (C=O) groups is 1. The summed E-state index contributed by atoms with van der Waals surface area (Å²) in [6.07, 6.45) is 2.53. The first-order valence-corrected chi connectivity index (χ1v) is 6.93. The predicted octanol–water partition coefficient (Wildman–Crippen LogP) is 2.74. The Balaban J connectivity index is 1.78. The van der Waals surface area contributed by atoms with Crippen molar-refractivity contribution in [2.75, 3.05) is 6.54 Å². The van der Waals surface area contributed by atoms with Gasteiger partial charge < -0.3 is 25.4 Å². The Morgan fingerprint density at radius 1 is 1.04 bits per heavy atom. The zero-order chi connectivity index (χ0) is 16.7. The normalized spacial score (nSPS) is 10.6. The lowest BCUT2D eigenvalue weighted by atomic mass is 10.1. The maximum atomic E-state index is 11.5. The van der Waals surface area contributed by atoms with E-state index in [1.165, 1.54) is 18.2 Å². The molecule has 6 heteroatoms. The van der Waals surface area contributed by atoms with Crippen LogP contribution in [0.5, 0.6) is 17.2 Å². The number of carbonyl (C=O) groups excluding carboxylic acids is 1. The molecule has 0 bridgehead atoms. The molecule has 0 fully saturated rings. The second kappa shape index (κ2) is 7.74. The van der Waals surface area contributed by atoms with Gasteiger partial charge in [0, 0.05) is 12.1 Å². The molecule has 120 valence electrons. The van der Waals surface area contributed by atoms with Gasteiger partial charge in [0.05, 0.1) is 0 Å². The Morgan fingerprint density at radius 2 is 1.78 bits per heavy atom. The summed E-state index contributed by atoms with van der Waals surface area (Å²) >= 11 is 0. The SMILES string of the molecule is O=C(NCC=Cc1ccc(O)c(O)c1O)OCc1ccccc1. The van der Waals surface area contributed by atoms with Gasteiger partial charge in [-0.3, -0.25) is 0 Å². The monoisotopic (exact) mass is 315 g/mol. The number of phenols is 3. The molecule has 1 amide bonds. The van der Waals surface area contributed by atoms with Gasteiger partial charge in [-0.2, -0.15) is 0 Å². The van der Waals surface area contributed by atoms with Crippen LogP contribution in [0.2, 0.25) is 0 Å². The fraction of sp³-hybridized carbons (Fsp3) is 0.118. The Morgan fingerprint density at radius 3 is 2.52 bits per heavy atom. The van der Waals surface area contributed by atoms with Gasteiger partial charge in [0.25, 0.3) is 0 Å². The van der Waals surface area contributed by atoms with E-state index < -0.39 is 23.3 Å². The number of benzene rings is 2. The highest BCUT2D eigenvalue weighted by atomic mass is 16.5. The maximum Gasteiger partial charge on any atom is 0.407 e. The Hall–Kier alpha value is -3.15. The summed E-state index contributed by atoms with van der Waals surface area (Å²) in [5, 5.41) is 30.8. The van der Waals surface area contributed by atoms with Crippen molar-refractivity contribution < 1.29 is 24.9 Å².